The van der Waals surface area contributed by atoms with Gasteiger partial charge in [0.1, 0.15) is 17.1 Å². The van der Waals surface area contributed by atoms with Crippen LogP contribution in [0, 0.1) is 0 Å². The number of nitrogens with zero attached hydrogens (tertiary/aromatic N) is 2. The lowest BCUT2D eigenvalue weighted by Gasteiger charge is -2.23. The minimum atomic E-state index is -3.84. The molecule has 17 heteroatoms. The Morgan fingerprint density at radius 3 is 1.78 bits per heavy atom. The number of hydrogen-bond acceptors (Lipinski definition) is 13. The van der Waals surface area contributed by atoms with Gasteiger partial charge in [-0.05, 0) is 63.9 Å². The number of amides is 1. The number of ether oxygens (including phenoxy) is 2. The first-order valence-electron chi connectivity index (χ1n) is 23.6. The Balaban J connectivity index is 0.000000383. The summed E-state index contributed by atoms with van der Waals surface area (Å²) in [6.45, 7) is -6.79. The van der Waals surface area contributed by atoms with Crippen molar-refractivity contribution in [3.8, 4) is 11.5 Å². The number of nitrogens with one attached hydrogen (secondary N) is 1. The number of benzene rings is 2. The zero-order valence-electron chi connectivity index (χ0n) is 44.2. The van der Waals surface area contributed by atoms with Crippen molar-refractivity contribution in [1.82, 2.24) is 15.1 Å². The summed E-state index contributed by atoms with van der Waals surface area (Å²) < 4.78 is 175. The van der Waals surface area contributed by atoms with E-state index in [-0.39, 0.29) is 57.4 Å². The summed E-state index contributed by atoms with van der Waals surface area (Å²) >= 11 is 0. The van der Waals surface area contributed by atoms with E-state index >= 15 is 0 Å². The van der Waals surface area contributed by atoms with Gasteiger partial charge in [-0.2, -0.15) is 0 Å². The molecule has 4 rings (SSSR count). The zero-order valence-corrected chi connectivity index (χ0v) is 29.8. The minimum absolute atomic E-state index is 0.134. The Morgan fingerprint density at radius 1 is 0.863 bits per heavy atom. The number of carboxylic acids is 1. The van der Waals surface area contributed by atoms with Crippen molar-refractivity contribution in [2.24, 2.45) is 5.73 Å². The van der Waals surface area contributed by atoms with E-state index in [1.54, 1.807) is 0 Å². The summed E-state index contributed by atoms with van der Waals surface area (Å²) in [6.07, 6.45) is 2.54. The van der Waals surface area contributed by atoms with E-state index in [2.05, 4.69) is 10.1 Å². The third-order valence-electron chi connectivity index (χ3n) is 8.16. The molecule has 1 amide bonds. The van der Waals surface area contributed by atoms with E-state index in [1.165, 1.54) is 18.7 Å². The van der Waals surface area contributed by atoms with Gasteiger partial charge in [0.2, 0.25) is 0 Å². The van der Waals surface area contributed by atoms with Crippen LogP contribution in [0.3, 0.4) is 0 Å². The van der Waals surface area contributed by atoms with Crippen molar-refractivity contribution in [1.29, 1.82) is 0 Å². The number of aromatic carboxylic acids is 1. The van der Waals surface area contributed by atoms with Gasteiger partial charge in [-0.3, -0.25) is 14.6 Å². The molecule has 0 saturated carbocycles. The number of hydrogen-bond donors (Lipinski definition) is 5. The highest BCUT2D eigenvalue weighted by Crippen LogP contribution is 2.30. The van der Waals surface area contributed by atoms with Crippen LogP contribution in [0.5, 0.6) is 11.5 Å². The molecule has 0 spiro atoms. The van der Waals surface area contributed by atoms with Crippen LogP contribution in [0.25, 0.3) is 0 Å². The fourth-order valence-corrected chi connectivity index (χ4v) is 7.30. The topological polar surface area (TPSA) is 238 Å². The van der Waals surface area contributed by atoms with Crippen molar-refractivity contribution < 1.29 is 62.9 Å². The summed E-state index contributed by atoms with van der Waals surface area (Å²) in [4.78, 5) is 25.8. The molecule has 0 aliphatic carbocycles. The lowest BCUT2D eigenvalue weighted by Crippen LogP contribution is -2.40. The van der Waals surface area contributed by atoms with Gasteiger partial charge in [0, 0.05) is 51.0 Å². The molecule has 2 aliphatic rings. The van der Waals surface area contributed by atoms with Gasteiger partial charge < -0.3 is 37.1 Å². The highest BCUT2D eigenvalue weighted by molar-refractivity contribution is 7.91. The number of carbonyl (C=O) groups is 2. The molecule has 2 unspecified atom stereocenters. The van der Waals surface area contributed by atoms with Crippen molar-refractivity contribution in [3.05, 3.63) is 35.4 Å². The quantitative estimate of drug-likeness (QED) is 0.184. The summed E-state index contributed by atoms with van der Waals surface area (Å²) in [5, 5.41) is 11.5. The third kappa shape index (κ3) is 11.4. The second-order valence-electron chi connectivity index (χ2n) is 11.2. The van der Waals surface area contributed by atoms with E-state index in [1.807, 2.05) is 0 Å². The maximum atomic E-state index is 12.9. The number of carbonyl (C=O) groups excluding carboxylic acids is 1. The molecule has 51 heavy (non-hydrogen) atoms. The zero-order chi connectivity index (χ0) is 52.1. The number of sulfone groups is 2. The molecule has 2 atom stereocenters. The number of rotatable bonds is 13. The van der Waals surface area contributed by atoms with Gasteiger partial charge in [0.05, 0.1) is 60.5 Å². The van der Waals surface area contributed by atoms with Gasteiger partial charge in [-0.15, -0.1) is 0 Å². The Kier molecular flexibility index (Phi) is 9.55. The molecule has 2 aromatic rings. The number of anilines is 2. The molecule has 2 aromatic carbocycles. The Bertz CT molecular complexity index is 2290. The summed E-state index contributed by atoms with van der Waals surface area (Å²) in [7, 11) is -13.4. The predicted octanol–water partition coefficient (Wildman–Crippen LogP) is 2.48. The molecule has 15 nitrogen and oxygen atoms in total. The third-order valence-corrected chi connectivity index (χ3v) is 11.7. The fourth-order valence-electron chi connectivity index (χ4n) is 5.24. The van der Waals surface area contributed by atoms with Crippen LogP contribution in [0.4, 0.5) is 11.4 Å². The molecular weight excluding hydrogens is 701 g/mol. The largest absolute Gasteiger partial charge is 0.496 e. The summed E-state index contributed by atoms with van der Waals surface area (Å²) in [5.74, 6) is -3.92. The van der Waals surface area contributed by atoms with Gasteiger partial charge in [-0.25, -0.2) is 21.6 Å². The van der Waals surface area contributed by atoms with E-state index in [4.69, 9.17) is 49.0 Å². The first-order chi connectivity index (χ1) is 30.2. The van der Waals surface area contributed by atoms with Gasteiger partial charge in [0.25, 0.3) is 5.91 Å². The molecule has 2 aliphatic heterocycles. The van der Waals surface area contributed by atoms with Crippen LogP contribution in [-0.2, 0) is 19.7 Å². The molecule has 0 aromatic heterocycles. The van der Waals surface area contributed by atoms with Crippen LogP contribution in [0.2, 0.25) is 0 Å². The van der Waals surface area contributed by atoms with Crippen LogP contribution in [0.1, 0.15) is 95.9 Å². The van der Waals surface area contributed by atoms with Gasteiger partial charge >= 0.3 is 5.97 Å². The summed E-state index contributed by atoms with van der Waals surface area (Å²) in [5.41, 5.74) is 15.3. The van der Waals surface area contributed by atoms with Crippen LogP contribution in [-0.4, -0.2) is 120 Å². The van der Waals surface area contributed by atoms with E-state index in [0.29, 0.717) is 25.9 Å². The van der Waals surface area contributed by atoms with E-state index < -0.39 is 95.4 Å². The first-order valence-corrected chi connectivity index (χ1v) is 18.9. The number of nitrogen functional groups attached to an aromatic ring is 2. The highest BCUT2D eigenvalue weighted by atomic mass is 32.2. The number of nitrogens with two attached hydrogens (primary N) is 3. The predicted molar refractivity (Wildman–Crippen MR) is 199 cm³/mol. The lowest BCUT2D eigenvalue weighted by atomic mass is 10.1. The molecule has 0 bridgehead atoms. The SMILES string of the molecule is [2H]C([2H])([2H])C([2H])([2H])N1CCCC1CN.[2H]C([2H])([2H])Oc1cc(N)c(S(=O)(=O)CC)cc1C(=O)NCC1CCCN1C([2H])([2H])C([2H])([2H])[2H].[2H]C([2H])([2H])Oc1cc(N)c(S(=O)(=O)CC)cc1C(=O)O. The molecule has 2 saturated heterocycles. The Morgan fingerprint density at radius 2 is 1.33 bits per heavy atom. The molecular formula is C34H56N6O9S2. The molecule has 2 fully saturated rings. The van der Waals surface area contributed by atoms with Gasteiger partial charge in [-0.1, -0.05) is 27.6 Å². The average molecular weight is 773 g/mol. The second-order valence-corrected chi connectivity index (χ2v) is 15.7. The molecule has 0 radical (unpaired) electrons. The number of carboxylic acid groups (broad SMARTS) is 1. The van der Waals surface area contributed by atoms with Crippen molar-refractivity contribution in [2.75, 3.05) is 76.2 Å². The van der Waals surface area contributed by atoms with E-state index in [9.17, 15) is 26.4 Å². The summed E-state index contributed by atoms with van der Waals surface area (Å²) in [6, 6.07) is 2.82. The van der Waals surface area contributed by atoms with Crippen LogP contribution < -0.4 is 32.0 Å². The lowest BCUT2D eigenvalue weighted by molar-refractivity contribution is 0.0692. The number of likely N-dealkylation sites (tertiary alicyclic amines) is 2. The normalized spacial score (nSPS) is 24.1. The number of methoxy groups -OCH3 is 2. The second kappa shape index (κ2) is 19.8. The maximum absolute atomic E-state index is 12.9. The Labute approximate surface area is 325 Å². The highest BCUT2D eigenvalue weighted by Gasteiger charge is 2.26. The minimum Gasteiger partial charge on any atom is -0.496 e. The molecule has 288 valence electrons. The van der Waals surface area contributed by atoms with Crippen LogP contribution >= 0.6 is 0 Å². The molecule has 8 N–H and O–H groups in total. The average Bonchev–Trinajstić information content (AvgIpc) is 3.86. The van der Waals surface area contributed by atoms with Crippen molar-refractivity contribution in [3.63, 3.8) is 0 Å². The van der Waals surface area contributed by atoms with Crippen molar-refractivity contribution in [2.45, 2.75) is 75.1 Å². The van der Waals surface area contributed by atoms with Crippen LogP contribution in [0.15, 0.2) is 34.1 Å². The monoisotopic (exact) mass is 772 g/mol. The smallest absolute Gasteiger partial charge is 0.339 e. The standard InChI is InChI=1S/C17H27N3O4S.C10H13NO5S.C7H16N2/c1-4-20-8-6-7-12(20)11-19-17(21)13-9-16(25(22,23)5-2)14(18)10-15(13)24-3;1-3-17(14,15)9-4-6(10(12)13)8(16-2)5-7(9)11;1-2-9-5-3-4-7(9)6-8/h9-10,12H,4-8,11,18H2,1-3H3,(H,19,21);4-5H,3,11H2,1-2H3,(H,12,13);7H,2-6,8H2,1H3/i1D3,3D3,4D2;2D3;1D3,2D2. The Hall–Kier alpha value is -3.64. The number of likely N-dealkylation sites (N-methyl/N-ethyl adjacent to an activating group) is 2. The van der Waals surface area contributed by atoms with Crippen molar-refractivity contribution >= 4 is 42.9 Å². The van der Waals surface area contributed by atoms with E-state index in [0.717, 1.165) is 42.0 Å². The maximum Gasteiger partial charge on any atom is 0.339 e. The van der Waals surface area contributed by atoms with Gasteiger partial charge in [0.15, 0.2) is 19.7 Å². The fraction of sp³-hybridized carbons (Fsp3) is 0.588. The molecule has 2 heterocycles. The first kappa shape index (κ1) is 24.6.